The van der Waals surface area contributed by atoms with Crippen molar-refractivity contribution in [3.8, 4) is 0 Å². The van der Waals surface area contributed by atoms with Gasteiger partial charge in [0.1, 0.15) is 5.88 Å². The van der Waals surface area contributed by atoms with Crippen LogP contribution in [0.4, 0.5) is 0 Å². The maximum absolute atomic E-state index is 5.55. The van der Waals surface area contributed by atoms with Crippen LogP contribution in [-0.4, -0.2) is 23.0 Å². The molecule has 0 fully saturated rings. The van der Waals surface area contributed by atoms with Gasteiger partial charge in [-0.05, 0) is 11.6 Å². The second kappa shape index (κ2) is 3.13. The minimum Gasteiger partial charge on any atom is -0.261 e. The molecule has 1 heterocycles. The number of rotatable bonds is 2. The molecule has 1 atom stereocenters. The zero-order valence-corrected chi connectivity index (χ0v) is 7.04. The molecule has 0 radical (unpaired) electrons. The molecule has 0 saturated heterocycles. The first-order chi connectivity index (χ1) is 4.70. The van der Waals surface area contributed by atoms with Crippen molar-refractivity contribution in [1.29, 1.82) is 0 Å². The minimum atomic E-state index is -1.40. The molecular formula is C4H4Cl3O3+. The number of alkyl halides is 3. The maximum Gasteiger partial charge on any atom is 0.549 e. The summed E-state index contributed by atoms with van der Waals surface area (Å²) >= 11 is 16.2. The predicted molar refractivity (Wildman–Crippen MR) is 37.2 cm³/mol. The van der Waals surface area contributed by atoms with E-state index < -0.39 is 5.25 Å². The van der Waals surface area contributed by atoms with Crippen molar-refractivity contribution >= 4 is 40.8 Å². The molecule has 1 aliphatic heterocycles. The smallest absolute Gasteiger partial charge is 0.261 e. The van der Waals surface area contributed by atoms with Crippen molar-refractivity contribution in [1.82, 2.24) is 0 Å². The van der Waals surface area contributed by atoms with Gasteiger partial charge in [-0.25, -0.2) is 0 Å². The topological polar surface area (TPSA) is 29.8 Å². The van der Waals surface area contributed by atoms with Crippen LogP contribution in [0.3, 0.4) is 0 Å². The summed E-state index contributed by atoms with van der Waals surface area (Å²) in [5.74, 6) is 0.164. The van der Waals surface area contributed by atoms with Crippen LogP contribution in [0.5, 0.6) is 0 Å². The van der Waals surface area contributed by atoms with E-state index in [1.165, 1.54) is 0 Å². The Morgan fingerprint density at radius 1 is 1.50 bits per heavy atom. The van der Waals surface area contributed by atoms with E-state index in [4.69, 9.17) is 39.2 Å². The molecule has 6 heteroatoms. The van der Waals surface area contributed by atoms with Crippen molar-refractivity contribution in [3.05, 3.63) is 0 Å². The molecule has 0 aromatic carbocycles. The maximum atomic E-state index is 5.55. The third-order valence-corrected chi connectivity index (χ3v) is 1.77. The van der Waals surface area contributed by atoms with Crippen LogP contribution in [0.2, 0.25) is 0 Å². The monoisotopic (exact) mass is 205 g/mol. The summed E-state index contributed by atoms with van der Waals surface area (Å²) < 4.78 is 4.82. The van der Waals surface area contributed by atoms with Crippen LogP contribution in [0, 0.1) is 0 Å². The molecule has 1 rings (SSSR count). The molecule has 0 bridgehead atoms. The fraction of sp³-hybridized carbons (Fsp3) is 0.750. The fourth-order valence-corrected chi connectivity index (χ4v) is 0.728. The van der Waals surface area contributed by atoms with E-state index in [9.17, 15) is 0 Å². The summed E-state index contributed by atoms with van der Waals surface area (Å²) in [5, 5.41) is -1.40. The van der Waals surface area contributed by atoms with E-state index in [1.807, 2.05) is 0 Å². The van der Waals surface area contributed by atoms with Gasteiger partial charge in [0.25, 0.3) is 0 Å². The molecule has 0 amide bonds. The van der Waals surface area contributed by atoms with Crippen molar-refractivity contribution in [2.75, 3.05) is 11.8 Å². The average Bonchev–Trinajstić information content (AvgIpc) is 2.33. The van der Waals surface area contributed by atoms with E-state index in [2.05, 4.69) is 9.78 Å². The SMILES string of the molecule is ClCC1=[O+]C(Cl)(CCl)OO1. The summed E-state index contributed by atoms with van der Waals surface area (Å²) in [6, 6.07) is 0. The molecule has 0 N–H and O–H groups in total. The van der Waals surface area contributed by atoms with Gasteiger partial charge in [-0.1, -0.05) is 0 Å². The normalized spacial score (nSPS) is 31.7. The van der Waals surface area contributed by atoms with Gasteiger partial charge in [0, 0.05) is 4.89 Å². The van der Waals surface area contributed by atoms with E-state index in [-0.39, 0.29) is 17.7 Å². The van der Waals surface area contributed by atoms with Crippen molar-refractivity contribution in [2.24, 2.45) is 0 Å². The summed E-state index contributed by atoms with van der Waals surface area (Å²) in [7, 11) is 0. The number of hydrogen-bond acceptors (Lipinski definition) is 2. The summed E-state index contributed by atoms with van der Waals surface area (Å²) in [4.78, 5) is 8.94. The summed E-state index contributed by atoms with van der Waals surface area (Å²) in [5.41, 5.74) is 0. The zero-order valence-electron chi connectivity index (χ0n) is 4.77. The minimum absolute atomic E-state index is 0.0328. The van der Waals surface area contributed by atoms with Gasteiger partial charge in [-0.15, -0.1) is 28.1 Å². The first kappa shape index (κ1) is 8.40. The van der Waals surface area contributed by atoms with Crippen LogP contribution in [0.15, 0.2) is 0 Å². The van der Waals surface area contributed by atoms with Crippen LogP contribution in [-0.2, 0) is 14.2 Å². The van der Waals surface area contributed by atoms with E-state index in [1.54, 1.807) is 0 Å². The Labute approximate surface area is 72.4 Å². The molecular weight excluding hydrogens is 202 g/mol. The van der Waals surface area contributed by atoms with Gasteiger partial charge in [-0.3, -0.25) is 4.42 Å². The molecule has 0 aromatic heterocycles. The summed E-state index contributed by atoms with van der Waals surface area (Å²) in [6.45, 7) is 0. The second-order valence-corrected chi connectivity index (χ2v) is 2.68. The van der Waals surface area contributed by atoms with Gasteiger partial charge in [-0.2, -0.15) is 0 Å². The van der Waals surface area contributed by atoms with Gasteiger partial charge >= 0.3 is 11.2 Å². The van der Waals surface area contributed by atoms with Gasteiger partial charge in [0.05, 0.1) is 0 Å². The first-order valence-corrected chi connectivity index (χ1v) is 3.86. The Hall–Kier alpha value is 0.300. The molecule has 0 aliphatic carbocycles. The Bertz CT molecular complexity index is 160. The zero-order chi connectivity index (χ0) is 7.61. The third kappa shape index (κ3) is 1.66. The lowest BCUT2D eigenvalue weighted by atomic mass is 10.7. The lowest BCUT2D eigenvalue weighted by molar-refractivity contribution is -0.570. The quantitative estimate of drug-likeness (QED) is 0.388. The molecule has 10 heavy (non-hydrogen) atoms. The van der Waals surface area contributed by atoms with Crippen LogP contribution >= 0.6 is 34.8 Å². The fourth-order valence-electron chi connectivity index (χ4n) is 0.412. The van der Waals surface area contributed by atoms with Crippen LogP contribution < -0.4 is 0 Å². The lowest BCUT2D eigenvalue weighted by Gasteiger charge is -1.96. The van der Waals surface area contributed by atoms with E-state index in [0.717, 1.165) is 0 Å². The first-order valence-electron chi connectivity index (χ1n) is 2.41. The van der Waals surface area contributed by atoms with Crippen LogP contribution in [0.25, 0.3) is 0 Å². The van der Waals surface area contributed by atoms with E-state index >= 15 is 0 Å². The molecule has 1 aliphatic rings. The van der Waals surface area contributed by atoms with Crippen molar-refractivity contribution in [2.45, 2.75) is 5.25 Å². The molecule has 58 valence electrons. The number of carbonyl (C=O) groups excluding carboxylic acids is 1. The summed E-state index contributed by atoms with van der Waals surface area (Å²) in [6.07, 6.45) is 0. The number of halogens is 3. The van der Waals surface area contributed by atoms with Crippen molar-refractivity contribution < 1.29 is 14.2 Å². The molecule has 0 aromatic rings. The standard InChI is InChI=1S/C4H4Cl3O3/c5-1-3-8-4(7,2-6)10-9-3/h1-2H2/q+1. The van der Waals surface area contributed by atoms with Gasteiger partial charge in [0.15, 0.2) is 5.88 Å². The Morgan fingerprint density at radius 3 is 2.50 bits per heavy atom. The average molecular weight is 206 g/mol. The third-order valence-electron chi connectivity index (χ3n) is 0.794. The number of hydrogen-bond donors (Lipinski definition) is 0. The molecule has 0 saturated carbocycles. The highest BCUT2D eigenvalue weighted by atomic mass is 35.5. The van der Waals surface area contributed by atoms with Gasteiger partial charge < -0.3 is 0 Å². The Morgan fingerprint density at radius 2 is 2.20 bits per heavy atom. The highest BCUT2D eigenvalue weighted by molar-refractivity contribution is 6.29. The molecule has 0 spiro atoms. The molecule has 1 unspecified atom stereocenters. The predicted octanol–water partition coefficient (Wildman–Crippen LogP) is 1.38. The van der Waals surface area contributed by atoms with Crippen LogP contribution in [0.1, 0.15) is 0 Å². The highest BCUT2D eigenvalue weighted by Crippen LogP contribution is 2.22. The Kier molecular flexibility index (Phi) is 2.63. The van der Waals surface area contributed by atoms with Gasteiger partial charge in [0.2, 0.25) is 0 Å². The Balaban J connectivity index is 2.61. The van der Waals surface area contributed by atoms with E-state index in [0.29, 0.717) is 0 Å². The molecule has 3 nitrogen and oxygen atoms in total. The second-order valence-electron chi connectivity index (χ2n) is 1.57. The lowest BCUT2D eigenvalue weighted by Crippen LogP contribution is -2.22. The largest absolute Gasteiger partial charge is 0.549 e. The highest BCUT2D eigenvalue weighted by Gasteiger charge is 2.49. The van der Waals surface area contributed by atoms with Crippen molar-refractivity contribution in [3.63, 3.8) is 0 Å².